The number of carbonyl (C=O) groups is 2. The predicted octanol–water partition coefficient (Wildman–Crippen LogP) is 3.89. The van der Waals surface area contributed by atoms with Gasteiger partial charge in [-0.05, 0) is 24.8 Å². The van der Waals surface area contributed by atoms with Gasteiger partial charge in [-0.3, -0.25) is 0 Å². The molecule has 0 aromatic heterocycles. The maximum atomic E-state index is 12.0. The number of ether oxygens (including phenoxy) is 1. The summed E-state index contributed by atoms with van der Waals surface area (Å²) in [6.07, 6.45) is 5.06. The highest BCUT2D eigenvalue weighted by atomic mass is 16.5. The van der Waals surface area contributed by atoms with Crippen molar-refractivity contribution in [3.63, 3.8) is 0 Å². The Morgan fingerprint density at radius 2 is 1.92 bits per heavy atom. The smallest absolute Gasteiger partial charge is 0.408 e. The van der Waals surface area contributed by atoms with Crippen molar-refractivity contribution in [2.24, 2.45) is 5.92 Å². The summed E-state index contributed by atoms with van der Waals surface area (Å²) in [5.74, 6) is -1.29. The van der Waals surface area contributed by atoms with Gasteiger partial charge in [-0.2, -0.15) is 0 Å². The second-order valence-corrected chi connectivity index (χ2v) is 6.24. The van der Waals surface area contributed by atoms with Crippen LogP contribution in [0.4, 0.5) is 4.79 Å². The number of alkyl carbamates (subject to hydrolysis) is 1. The van der Waals surface area contributed by atoms with Crippen LogP contribution in [-0.2, 0) is 16.1 Å². The third-order valence-electron chi connectivity index (χ3n) is 4.44. The van der Waals surface area contributed by atoms with Gasteiger partial charge in [0.2, 0.25) is 0 Å². The summed E-state index contributed by atoms with van der Waals surface area (Å²) in [5.41, 5.74) is 1.76. The molecule has 1 amide bonds. The zero-order valence-electron chi connectivity index (χ0n) is 13.9. The molecule has 1 aliphatic rings. The maximum Gasteiger partial charge on any atom is 0.408 e. The largest absolute Gasteiger partial charge is 0.480 e. The van der Waals surface area contributed by atoms with Crippen molar-refractivity contribution in [2.45, 2.75) is 51.2 Å². The van der Waals surface area contributed by atoms with Gasteiger partial charge in [-0.25, -0.2) is 9.59 Å². The predicted molar refractivity (Wildman–Crippen MR) is 91.5 cm³/mol. The fraction of sp³-hybridized carbons (Fsp3) is 0.474. The van der Waals surface area contributed by atoms with E-state index in [1.807, 2.05) is 30.3 Å². The van der Waals surface area contributed by atoms with Crippen molar-refractivity contribution in [3.05, 3.63) is 48.0 Å². The van der Waals surface area contributed by atoms with E-state index in [2.05, 4.69) is 11.9 Å². The lowest BCUT2D eigenvalue weighted by Crippen LogP contribution is -2.46. The summed E-state index contributed by atoms with van der Waals surface area (Å²) in [5, 5.41) is 12.0. The molecule has 5 nitrogen and oxygen atoms in total. The van der Waals surface area contributed by atoms with E-state index in [9.17, 15) is 14.7 Å². The van der Waals surface area contributed by atoms with E-state index in [-0.39, 0.29) is 12.5 Å². The van der Waals surface area contributed by atoms with Crippen molar-refractivity contribution < 1.29 is 19.4 Å². The Kier molecular flexibility index (Phi) is 6.85. The molecule has 0 saturated heterocycles. The second-order valence-electron chi connectivity index (χ2n) is 6.24. The number of hydrogen-bond acceptors (Lipinski definition) is 3. The molecule has 0 unspecified atom stereocenters. The van der Waals surface area contributed by atoms with Gasteiger partial charge in [0, 0.05) is 5.92 Å². The number of carbonyl (C=O) groups excluding carboxylic acids is 1. The molecule has 2 rings (SSSR count). The monoisotopic (exact) mass is 331 g/mol. The molecule has 0 aliphatic heterocycles. The molecule has 24 heavy (non-hydrogen) atoms. The zero-order valence-corrected chi connectivity index (χ0v) is 13.9. The first-order chi connectivity index (χ1) is 11.6. The maximum absolute atomic E-state index is 12.0. The molecular formula is C19H25NO4. The van der Waals surface area contributed by atoms with Crippen LogP contribution in [0.15, 0.2) is 42.5 Å². The molecule has 5 heteroatoms. The van der Waals surface area contributed by atoms with Crippen molar-refractivity contribution >= 4 is 12.1 Å². The summed E-state index contributed by atoms with van der Waals surface area (Å²) in [7, 11) is 0. The summed E-state index contributed by atoms with van der Waals surface area (Å²) in [6, 6.07) is 8.30. The molecule has 0 heterocycles. The molecular weight excluding hydrogens is 306 g/mol. The fourth-order valence-electron chi connectivity index (χ4n) is 3.09. The van der Waals surface area contributed by atoms with E-state index in [0.29, 0.717) is 0 Å². The SMILES string of the molecule is C=C1CCCCCC[C@H]1[C@H](NC(=O)OCc1ccccc1)C(=O)O. The molecule has 1 fully saturated rings. The molecule has 1 saturated carbocycles. The summed E-state index contributed by atoms with van der Waals surface area (Å²) in [4.78, 5) is 23.6. The quantitative estimate of drug-likeness (QED) is 0.803. The molecule has 2 N–H and O–H groups in total. The van der Waals surface area contributed by atoms with Gasteiger partial charge in [-0.15, -0.1) is 0 Å². The van der Waals surface area contributed by atoms with Gasteiger partial charge in [0.05, 0.1) is 0 Å². The Balaban J connectivity index is 1.95. The molecule has 0 bridgehead atoms. The van der Waals surface area contributed by atoms with Crippen molar-refractivity contribution in [1.82, 2.24) is 5.32 Å². The number of benzene rings is 1. The minimum atomic E-state index is -1.04. The average molecular weight is 331 g/mol. The van der Waals surface area contributed by atoms with E-state index < -0.39 is 18.1 Å². The number of amides is 1. The summed E-state index contributed by atoms with van der Waals surface area (Å²) in [6.45, 7) is 4.16. The van der Waals surface area contributed by atoms with Crippen LogP contribution in [0.25, 0.3) is 0 Å². The molecule has 130 valence electrons. The highest BCUT2D eigenvalue weighted by molar-refractivity contribution is 5.80. The standard InChI is InChI=1S/C19H25NO4/c1-14-9-5-2-3-8-12-16(14)17(18(21)22)20-19(23)24-13-15-10-6-4-7-11-15/h4,6-7,10-11,16-17H,1-3,5,8-9,12-13H2,(H,20,23)(H,21,22)/t16-,17+/m1/s1. The number of nitrogens with one attached hydrogen (secondary N) is 1. The van der Waals surface area contributed by atoms with Crippen LogP contribution >= 0.6 is 0 Å². The third kappa shape index (κ3) is 5.41. The fourth-order valence-corrected chi connectivity index (χ4v) is 3.09. The van der Waals surface area contributed by atoms with E-state index >= 15 is 0 Å². The van der Waals surface area contributed by atoms with Crippen LogP contribution in [0.1, 0.15) is 44.1 Å². The van der Waals surface area contributed by atoms with E-state index in [0.717, 1.165) is 49.7 Å². The van der Waals surface area contributed by atoms with Crippen molar-refractivity contribution in [3.8, 4) is 0 Å². The summed E-state index contributed by atoms with van der Waals surface area (Å²) < 4.78 is 5.15. The van der Waals surface area contributed by atoms with Crippen molar-refractivity contribution in [2.75, 3.05) is 0 Å². The number of carboxylic acid groups (broad SMARTS) is 1. The average Bonchev–Trinajstić information content (AvgIpc) is 2.56. The number of hydrogen-bond donors (Lipinski definition) is 2. The van der Waals surface area contributed by atoms with Crippen LogP contribution in [0.2, 0.25) is 0 Å². The topological polar surface area (TPSA) is 75.6 Å². The van der Waals surface area contributed by atoms with Crippen LogP contribution in [0.3, 0.4) is 0 Å². The first-order valence-electron chi connectivity index (χ1n) is 8.45. The molecule has 2 atom stereocenters. The van der Waals surface area contributed by atoms with Crippen LogP contribution < -0.4 is 5.32 Å². The van der Waals surface area contributed by atoms with Gasteiger partial charge in [0.1, 0.15) is 12.6 Å². The van der Waals surface area contributed by atoms with Gasteiger partial charge in [0.15, 0.2) is 0 Å². The Bertz CT molecular complexity index is 570. The Morgan fingerprint density at radius 1 is 1.21 bits per heavy atom. The highest BCUT2D eigenvalue weighted by Gasteiger charge is 2.32. The minimum absolute atomic E-state index is 0.116. The minimum Gasteiger partial charge on any atom is -0.480 e. The summed E-state index contributed by atoms with van der Waals surface area (Å²) >= 11 is 0. The molecule has 0 radical (unpaired) electrons. The number of carboxylic acids is 1. The molecule has 0 spiro atoms. The lowest BCUT2D eigenvalue weighted by molar-refractivity contribution is -0.140. The Hall–Kier alpha value is -2.30. The van der Waals surface area contributed by atoms with Gasteiger partial charge in [-0.1, -0.05) is 61.7 Å². The molecule has 1 aromatic rings. The molecule has 1 aliphatic carbocycles. The lowest BCUT2D eigenvalue weighted by Gasteiger charge is -2.28. The number of aliphatic carboxylic acids is 1. The van der Waals surface area contributed by atoms with E-state index in [1.165, 1.54) is 0 Å². The van der Waals surface area contributed by atoms with Gasteiger partial charge < -0.3 is 15.2 Å². The first kappa shape index (κ1) is 18.0. The molecule has 1 aromatic carbocycles. The van der Waals surface area contributed by atoms with Crippen molar-refractivity contribution in [1.29, 1.82) is 0 Å². The Morgan fingerprint density at radius 3 is 2.62 bits per heavy atom. The third-order valence-corrected chi connectivity index (χ3v) is 4.44. The van der Waals surface area contributed by atoms with E-state index in [1.54, 1.807) is 0 Å². The van der Waals surface area contributed by atoms with Gasteiger partial charge in [0.25, 0.3) is 0 Å². The van der Waals surface area contributed by atoms with Crippen LogP contribution in [-0.4, -0.2) is 23.2 Å². The first-order valence-corrected chi connectivity index (χ1v) is 8.45. The normalized spacial score (nSPS) is 19.7. The number of rotatable bonds is 5. The zero-order chi connectivity index (χ0) is 17.4. The lowest BCUT2D eigenvalue weighted by atomic mass is 9.82. The van der Waals surface area contributed by atoms with E-state index in [4.69, 9.17) is 4.74 Å². The van der Waals surface area contributed by atoms with Gasteiger partial charge >= 0.3 is 12.1 Å². The highest BCUT2D eigenvalue weighted by Crippen LogP contribution is 2.29. The van der Waals surface area contributed by atoms with Crippen LogP contribution in [0.5, 0.6) is 0 Å². The Labute approximate surface area is 142 Å². The van der Waals surface area contributed by atoms with Crippen LogP contribution in [0, 0.1) is 5.92 Å². The second kappa shape index (κ2) is 9.11.